The van der Waals surface area contributed by atoms with Gasteiger partial charge in [0.25, 0.3) is 0 Å². The van der Waals surface area contributed by atoms with Crippen molar-refractivity contribution in [1.82, 2.24) is 20.1 Å². The average molecular weight is 390 g/mol. The van der Waals surface area contributed by atoms with Crippen LogP contribution in [0.5, 0.6) is 5.75 Å². The second-order valence-electron chi connectivity index (χ2n) is 7.80. The van der Waals surface area contributed by atoms with E-state index >= 15 is 0 Å². The predicted octanol–water partition coefficient (Wildman–Crippen LogP) is 0.838. The first-order valence-corrected chi connectivity index (χ1v) is 9.97. The number of carboxylic acids is 1. The Morgan fingerprint density at radius 3 is 3.00 bits per heavy atom. The molecule has 3 heterocycles. The van der Waals surface area contributed by atoms with E-state index in [9.17, 15) is 14.7 Å². The Morgan fingerprint density at radius 2 is 2.25 bits per heavy atom. The van der Waals surface area contributed by atoms with Gasteiger partial charge < -0.3 is 20.1 Å². The van der Waals surface area contributed by atoms with E-state index in [2.05, 4.69) is 15.2 Å². The number of hydrogen-bond donors (Lipinski definition) is 2. The van der Waals surface area contributed by atoms with Crippen LogP contribution in [0, 0.1) is 5.41 Å². The number of likely N-dealkylation sites (tertiary alicyclic amines) is 2. The van der Waals surface area contributed by atoms with Crippen LogP contribution >= 0.6 is 0 Å². The van der Waals surface area contributed by atoms with Crippen molar-refractivity contribution in [2.24, 2.45) is 5.41 Å². The largest absolute Gasteiger partial charge is 0.492 e. The number of carbonyl (C=O) groups excluding carboxylic acids is 1. The molecule has 0 unspecified atom stereocenters. The molecule has 2 atom stereocenters. The Balaban J connectivity index is 1.55. The van der Waals surface area contributed by atoms with Gasteiger partial charge in [0.15, 0.2) is 0 Å². The topological polar surface area (TPSA) is 95.0 Å². The fourth-order valence-electron chi connectivity index (χ4n) is 4.44. The molecule has 8 nitrogen and oxygen atoms in total. The molecular formula is C20H30N4O4. The molecule has 0 bridgehead atoms. The second kappa shape index (κ2) is 9.34. The number of ether oxygens (including phenoxy) is 1. The van der Waals surface area contributed by atoms with Gasteiger partial charge in [-0.05, 0) is 58.0 Å². The average Bonchev–Trinajstić information content (AvgIpc) is 2.68. The molecule has 154 valence electrons. The summed E-state index contributed by atoms with van der Waals surface area (Å²) in [6.07, 6.45) is 6.51. The fourth-order valence-corrected chi connectivity index (χ4v) is 4.44. The van der Waals surface area contributed by atoms with Crippen LogP contribution in [-0.4, -0.2) is 84.2 Å². The number of nitrogens with zero attached hydrogens (tertiary/aromatic N) is 3. The number of hydrogen-bond acceptors (Lipinski definition) is 6. The first-order chi connectivity index (χ1) is 13.5. The summed E-state index contributed by atoms with van der Waals surface area (Å²) in [6.45, 7) is 3.36. The van der Waals surface area contributed by atoms with E-state index in [0.717, 1.165) is 44.6 Å². The third kappa shape index (κ3) is 4.80. The third-order valence-electron chi connectivity index (χ3n) is 5.87. The predicted molar refractivity (Wildman–Crippen MR) is 104 cm³/mol. The van der Waals surface area contributed by atoms with Crippen LogP contribution in [0.15, 0.2) is 24.5 Å². The Hall–Kier alpha value is -2.19. The van der Waals surface area contributed by atoms with Crippen molar-refractivity contribution in [2.75, 3.05) is 46.4 Å². The quantitative estimate of drug-likeness (QED) is 0.635. The minimum atomic E-state index is -0.836. The molecule has 3 rings (SSSR count). The summed E-state index contributed by atoms with van der Waals surface area (Å²) in [5.74, 6) is -0.0570. The Morgan fingerprint density at radius 1 is 1.39 bits per heavy atom. The first kappa shape index (κ1) is 20.5. The SMILES string of the molecule is CN1CC[C@]2(C(=O)NCCCOc3cccnc3)CCCN(CC(=O)O)[C@H]2C1. The van der Waals surface area contributed by atoms with E-state index < -0.39 is 11.4 Å². The molecule has 0 saturated carbocycles. The van der Waals surface area contributed by atoms with Gasteiger partial charge in [-0.2, -0.15) is 0 Å². The number of rotatable bonds is 8. The molecule has 28 heavy (non-hydrogen) atoms. The first-order valence-electron chi connectivity index (χ1n) is 9.97. The van der Waals surface area contributed by atoms with Crippen molar-refractivity contribution >= 4 is 11.9 Å². The highest BCUT2D eigenvalue weighted by molar-refractivity contribution is 5.84. The van der Waals surface area contributed by atoms with Crippen molar-refractivity contribution in [3.63, 3.8) is 0 Å². The van der Waals surface area contributed by atoms with Gasteiger partial charge in [-0.1, -0.05) is 0 Å². The lowest BCUT2D eigenvalue weighted by atomic mass is 9.67. The zero-order chi connectivity index (χ0) is 20.0. The Labute approximate surface area is 165 Å². The van der Waals surface area contributed by atoms with Crippen molar-refractivity contribution < 1.29 is 19.4 Å². The van der Waals surface area contributed by atoms with Crippen LogP contribution in [0.2, 0.25) is 0 Å². The van der Waals surface area contributed by atoms with Crippen molar-refractivity contribution in [2.45, 2.75) is 31.7 Å². The number of fused-ring (bicyclic) bond motifs is 1. The van der Waals surface area contributed by atoms with Gasteiger partial charge >= 0.3 is 5.97 Å². The Bertz CT molecular complexity index is 671. The Kier molecular flexibility index (Phi) is 6.85. The van der Waals surface area contributed by atoms with E-state index in [-0.39, 0.29) is 18.5 Å². The van der Waals surface area contributed by atoms with Crippen LogP contribution in [-0.2, 0) is 9.59 Å². The maximum atomic E-state index is 13.2. The molecule has 0 aliphatic carbocycles. The third-order valence-corrected chi connectivity index (χ3v) is 5.87. The molecular weight excluding hydrogens is 360 g/mol. The molecule has 1 aromatic heterocycles. The van der Waals surface area contributed by atoms with Gasteiger partial charge in [0.05, 0.1) is 24.8 Å². The molecule has 0 aromatic carbocycles. The number of piperidine rings is 2. The summed E-state index contributed by atoms with van der Waals surface area (Å²) in [4.78, 5) is 32.6. The summed E-state index contributed by atoms with van der Waals surface area (Å²) >= 11 is 0. The van der Waals surface area contributed by atoms with Gasteiger partial charge in [-0.3, -0.25) is 19.5 Å². The second-order valence-corrected chi connectivity index (χ2v) is 7.80. The fraction of sp³-hybridized carbons (Fsp3) is 0.650. The van der Waals surface area contributed by atoms with Crippen LogP contribution in [0.3, 0.4) is 0 Å². The minimum Gasteiger partial charge on any atom is -0.492 e. The van der Waals surface area contributed by atoms with Gasteiger partial charge in [-0.15, -0.1) is 0 Å². The number of likely N-dealkylation sites (N-methyl/N-ethyl adjacent to an activating group) is 1. The summed E-state index contributed by atoms with van der Waals surface area (Å²) in [5, 5.41) is 12.4. The molecule has 8 heteroatoms. The minimum absolute atomic E-state index is 0.00745. The number of aromatic nitrogens is 1. The van der Waals surface area contributed by atoms with E-state index in [0.29, 0.717) is 19.6 Å². The molecule has 2 aliphatic heterocycles. The monoisotopic (exact) mass is 390 g/mol. The lowest BCUT2D eigenvalue weighted by molar-refractivity contribution is -0.151. The smallest absolute Gasteiger partial charge is 0.317 e. The van der Waals surface area contributed by atoms with E-state index in [1.54, 1.807) is 12.4 Å². The van der Waals surface area contributed by atoms with Gasteiger partial charge in [0, 0.05) is 25.3 Å². The summed E-state index contributed by atoms with van der Waals surface area (Å²) < 4.78 is 5.62. The maximum absolute atomic E-state index is 13.2. The number of pyridine rings is 1. The van der Waals surface area contributed by atoms with Crippen LogP contribution in [0.4, 0.5) is 0 Å². The molecule has 1 amide bonds. The summed E-state index contributed by atoms with van der Waals surface area (Å²) in [5.41, 5.74) is -0.496. The van der Waals surface area contributed by atoms with Crippen LogP contribution in [0.1, 0.15) is 25.7 Å². The number of amides is 1. The molecule has 0 spiro atoms. The molecule has 2 N–H and O–H groups in total. The number of aliphatic carboxylic acids is 1. The highest BCUT2D eigenvalue weighted by atomic mass is 16.5. The van der Waals surface area contributed by atoms with Gasteiger partial charge in [0.1, 0.15) is 5.75 Å². The standard InChI is InChI=1S/C20H30N4O4/c1-23-11-7-20(6-3-10-24(15-18(25)26)17(20)14-23)19(27)22-9-4-12-28-16-5-2-8-21-13-16/h2,5,8,13,17H,3-4,6-7,9-12,14-15H2,1H3,(H,22,27)(H,25,26)/t17-,20+/m0/s1. The van der Waals surface area contributed by atoms with Crippen molar-refractivity contribution in [3.8, 4) is 5.75 Å². The summed E-state index contributed by atoms with van der Waals surface area (Å²) in [7, 11) is 2.03. The molecule has 1 aromatic rings. The molecule has 2 fully saturated rings. The number of carboxylic acid groups (broad SMARTS) is 1. The van der Waals surface area contributed by atoms with E-state index in [1.165, 1.54) is 0 Å². The zero-order valence-electron chi connectivity index (χ0n) is 16.5. The van der Waals surface area contributed by atoms with Crippen LogP contribution in [0.25, 0.3) is 0 Å². The molecule has 2 saturated heterocycles. The number of carbonyl (C=O) groups is 2. The van der Waals surface area contributed by atoms with Crippen molar-refractivity contribution in [3.05, 3.63) is 24.5 Å². The van der Waals surface area contributed by atoms with E-state index in [4.69, 9.17) is 4.74 Å². The van der Waals surface area contributed by atoms with Gasteiger partial charge in [0.2, 0.25) is 5.91 Å². The normalized spacial score (nSPS) is 25.7. The van der Waals surface area contributed by atoms with Crippen molar-refractivity contribution in [1.29, 1.82) is 0 Å². The van der Waals surface area contributed by atoms with Crippen LogP contribution < -0.4 is 10.1 Å². The van der Waals surface area contributed by atoms with E-state index in [1.807, 2.05) is 24.1 Å². The highest BCUT2D eigenvalue weighted by Crippen LogP contribution is 2.42. The van der Waals surface area contributed by atoms with Gasteiger partial charge in [-0.25, -0.2) is 0 Å². The molecule has 0 radical (unpaired) electrons. The zero-order valence-corrected chi connectivity index (χ0v) is 16.5. The summed E-state index contributed by atoms with van der Waals surface area (Å²) in [6, 6.07) is 3.62. The lowest BCUT2D eigenvalue weighted by Gasteiger charge is -2.53. The highest BCUT2D eigenvalue weighted by Gasteiger charge is 2.52. The molecule has 2 aliphatic rings. The lowest BCUT2D eigenvalue weighted by Crippen LogP contribution is -2.65. The maximum Gasteiger partial charge on any atom is 0.317 e. The number of nitrogens with one attached hydrogen (secondary N) is 1.